The standard InChI is InChI=1S/C22H24N4O3S/c1-23-30(28,29)18-12-10-17(11-13-18)22(27)25-20-8-5-9-21-19(20)14-24-26(21)15-16-6-3-2-4-7-16/h2-4,6-7,10-14,20,23H,5,8-9,15H2,1H3,(H,25,27). The number of carbonyl (C=O) groups excluding carboxylic acids is 1. The highest BCUT2D eigenvalue weighted by molar-refractivity contribution is 7.89. The smallest absolute Gasteiger partial charge is 0.251 e. The molecule has 0 aliphatic heterocycles. The molecule has 0 spiro atoms. The van der Waals surface area contributed by atoms with Gasteiger partial charge in [0.25, 0.3) is 5.91 Å². The zero-order valence-corrected chi connectivity index (χ0v) is 17.5. The fourth-order valence-electron chi connectivity index (χ4n) is 3.81. The maximum absolute atomic E-state index is 12.7. The number of benzene rings is 2. The molecule has 7 nitrogen and oxygen atoms in total. The summed E-state index contributed by atoms with van der Waals surface area (Å²) in [7, 11) is -2.17. The Morgan fingerprint density at radius 1 is 1.13 bits per heavy atom. The minimum atomic E-state index is -3.52. The van der Waals surface area contributed by atoms with Crippen LogP contribution in [0.3, 0.4) is 0 Å². The van der Waals surface area contributed by atoms with Crippen LogP contribution in [0, 0.1) is 0 Å². The van der Waals surface area contributed by atoms with E-state index in [0.717, 1.165) is 30.5 Å². The van der Waals surface area contributed by atoms with Crippen molar-refractivity contribution in [1.82, 2.24) is 19.8 Å². The van der Waals surface area contributed by atoms with Crippen molar-refractivity contribution < 1.29 is 13.2 Å². The maximum atomic E-state index is 12.7. The zero-order valence-electron chi connectivity index (χ0n) is 16.7. The van der Waals surface area contributed by atoms with Crippen LogP contribution in [0.2, 0.25) is 0 Å². The van der Waals surface area contributed by atoms with E-state index in [1.807, 2.05) is 29.1 Å². The Balaban J connectivity index is 1.49. The average molecular weight is 425 g/mol. The van der Waals surface area contributed by atoms with Crippen molar-refractivity contribution in [2.45, 2.75) is 36.7 Å². The van der Waals surface area contributed by atoms with Crippen molar-refractivity contribution in [2.75, 3.05) is 7.05 Å². The van der Waals surface area contributed by atoms with Gasteiger partial charge in [-0.3, -0.25) is 9.48 Å². The SMILES string of the molecule is CNS(=O)(=O)c1ccc(C(=O)NC2CCCc3c2cnn3Cc2ccccc2)cc1. The topological polar surface area (TPSA) is 93.1 Å². The molecule has 1 unspecified atom stereocenters. The Labute approximate surface area is 176 Å². The van der Waals surface area contributed by atoms with Crippen molar-refractivity contribution in [2.24, 2.45) is 0 Å². The highest BCUT2D eigenvalue weighted by Crippen LogP contribution is 2.30. The van der Waals surface area contributed by atoms with Gasteiger partial charge in [0.2, 0.25) is 10.0 Å². The van der Waals surface area contributed by atoms with E-state index in [9.17, 15) is 13.2 Å². The van der Waals surface area contributed by atoms with Gasteiger partial charge in [-0.15, -0.1) is 0 Å². The number of nitrogens with one attached hydrogen (secondary N) is 2. The van der Waals surface area contributed by atoms with Gasteiger partial charge in [-0.25, -0.2) is 13.1 Å². The second-order valence-corrected chi connectivity index (χ2v) is 9.23. The van der Waals surface area contributed by atoms with E-state index in [4.69, 9.17) is 0 Å². The summed E-state index contributed by atoms with van der Waals surface area (Å²) in [6.45, 7) is 0.707. The van der Waals surface area contributed by atoms with Gasteiger partial charge in [0.15, 0.2) is 0 Å². The molecule has 1 aliphatic carbocycles. The number of nitrogens with zero attached hydrogens (tertiary/aromatic N) is 2. The first-order valence-electron chi connectivity index (χ1n) is 9.91. The molecule has 0 saturated heterocycles. The van der Waals surface area contributed by atoms with Gasteiger partial charge in [0.05, 0.1) is 23.7 Å². The first-order valence-corrected chi connectivity index (χ1v) is 11.4. The third-order valence-corrected chi connectivity index (χ3v) is 6.87. The maximum Gasteiger partial charge on any atom is 0.251 e. The molecule has 0 fully saturated rings. The number of amides is 1. The minimum absolute atomic E-state index is 0.105. The summed E-state index contributed by atoms with van der Waals surface area (Å²) in [6, 6.07) is 16.0. The van der Waals surface area contributed by atoms with Crippen LogP contribution >= 0.6 is 0 Å². The lowest BCUT2D eigenvalue weighted by Gasteiger charge is -2.24. The lowest BCUT2D eigenvalue weighted by atomic mass is 9.92. The summed E-state index contributed by atoms with van der Waals surface area (Å²) in [5.74, 6) is -0.225. The summed E-state index contributed by atoms with van der Waals surface area (Å²) in [5, 5.41) is 7.65. The molecule has 2 aromatic carbocycles. The van der Waals surface area contributed by atoms with Gasteiger partial charge in [0.1, 0.15) is 0 Å². The number of hydrogen-bond donors (Lipinski definition) is 2. The third-order valence-electron chi connectivity index (χ3n) is 5.44. The van der Waals surface area contributed by atoms with E-state index in [0.29, 0.717) is 12.1 Å². The predicted octanol–water partition coefficient (Wildman–Crippen LogP) is 2.65. The van der Waals surface area contributed by atoms with E-state index >= 15 is 0 Å². The van der Waals surface area contributed by atoms with E-state index in [1.165, 1.54) is 36.9 Å². The number of aromatic nitrogens is 2. The fraction of sp³-hybridized carbons (Fsp3) is 0.273. The number of rotatable bonds is 6. The van der Waals surface area contributed by atoms with Crippen LogP contribution in [0.1, 0.15) is 46.1 Å². The van der Waals surface area contributed by atoms with E-state index < -0.39 is 10.0 Å². The Morgan fingerprint density at radius 3 is 2.57 bits per heavy atom. The second-order valence-electron chi connectivity index (χ2n) is 7.34. The van der Waals surface area contributed by atoms with Gasteiger partial charge in [-0.05, 0) is 56.1 Å². The Morgan fingerprint density at radius 2 is 1.87 bits per heavy atom. The van der Waals surface area contributed by atoms with Crippen molar-refractivity contribution in [3.8, 4) is 0 Å². The molecule has 2 N–H and O–H groups in total. The van der Waals surface area contributed by atoms with Crippen LogP contribution in [-0.4, -0.2) is 31.2 Å². The highest BCUT2D eigenvalue weighted by Gasteiger charge is 2.26. The molecule has 1 amide bonds. The van der Waals surface area contributed by atoms with Crippen LogP contribution < -0.4 is 10.0 Å². The zero-order chi connectivity index (χ0) is 21.1. The van der Waals surface area contributed by atoms with Gasteiger partial charge < -0.3 is 5.32 Å². The van der Waals surface area contributed by atoms with Crippen LogP contribution in [0.25, 0.3) is 0 Å². The van der Waals surface area contributed by atoms with E-state index in [2.05, 4.69) is 27.3 Å². The van der Waals surface area contributed by atoms with Gasteiger partial charge in [0, 0.05) is 16.8 Å². The lowest BCUT2D eigenvalue weighted by molar-refractivity contribution is 0.0932. The van der Waals surface area contributed by atoms with Crippen LogP contribution in [0.15, 0.2) is 65.7 Å². The molecule has 8 heteroatoms. The molecule has 0 bridgehead atoms. The monoisotopic (exact) mass is 424 g/mol. The number of carbonyl (C=O) groups is 1. The van der Waals surface area contributed by atoms with Crippen LogP contribution in [0.4, 0.5) is 0 Å². The molecule has 156 valence electrons. The average Bonchev–Trinajstić information content (AvgIpc) is 3.18. The summed E-state index contributed by atoms with van der Waals surface area (Å²) in [5.41, 5.74) is 3.82. The van der Waals surface area contributed by atoms with Gasteiger partial charge in [-0.2, -0.15) is 5.10 Å². The largest absolute Gasteiger partial charge is 0.345 e. The summed E-state index contributed by atoms with van der Waals surface area (Å²) >= 11 is 0. The molecule has 0 radical (unpaired) electrons. The molecule has 30 heavy (non-hydrogen) atoms. The normalized spacial score (nSPS) is 16.1. The van der Waals surface area contributed by atoms with Crippen molar-refractivity contribution in [3.63, 3.8) is 0 Å². The molecule has 1 atom stereocenters. The molecule has 0 saturated carbocycles. The number of fused-ring (bicyclic) bond motifs is 1. The summed E-state index contributed by atoms with van der Waals surface area (Å²) < 4.78 is 28.0. The predicted molar refractivity (Wildman–Crippen MR) is 114 cm³/mol. The molecule has 1 aromatic heterocycles. The summed E-state index contributed by atoms with van der Waals surface area (Å²) in [4.78, 5) is 12.9. The lowest BCUT2D eigenvalue weighted by Crippen LogP contribution is -2.31. The Hall–Kier alpha value is -2.97. The minimum Gasteiger partial charge on any atom is -0.345 e. The third kappa shape index (κ3) is 4.15. The van der Waals surface area contributed by atoms with Crippen molar-refractivity contribution in [1.29, 1.82) is 0 Å². The van der Waals surface area contributed by atoms with Gasteiger partial charge in [-0.1, -0.05) is 30.3 Å². The number of sulfonamides is 1. The molecule has 1 aliphatic rings. The molecular weight excluding hydrogens is 400 g/mol. The fourth-order valence-corrected chi connectivity index (χ4v) is 4.54. The van der Waals surface area contributed by atoms with Gasteiger partial charge >= 0.3 is 0 Å². The first-order chi connectivity index (χ1) is 14.5. The summed E-state index contributed by atoms with van der Waals surface area (Å²) in [6.07, 6.45) is 4.61. The van der Waals surface area contributed by atoms with Crippen LogP contribution in [0.5, 0.6) is 0 Å². The first kappa shape index (κ1) is 20.3. The molecular formula is C22H24N4O3S. The van der Waals surface area contributed by atoms with E-state index in [-0.39, 0.29) is 16.8 Å². The Bertz CT molecular complexity index is 1140. The highest BCUT2D eigenvalue weighted by atomic mass is 32.2. The van der Waals surface area contributed by atoms with Crippen LogP contribution in [-0.2, 0) is 23.0 Å². The quantitative estimate of drug-likeness (QED) is 0.636. The number of hydrogen-bond acceptors (Lipinski definition) is 4. The van der Waals surface area contributed by atoms with Crippen molar-refractivity contribution >= 4 is 15.9 Å². The van der Waals surface area contributed by atoms with Crippen molar-refractivity contribution in [3.05, 3.63) is 83.2 Å². The Kier molecular flexibility index (Phi) is 5.69. The molecule has 4 rings (SSSR count). The molecule has 1 heterocycles. The second kappa shape index (κ2) is 8.41. The van der Waals surface area contributed by atoms with E-state index in [1.54, 1.807) is 0 Å². The molecule has 3 aromatic rings.